The van der Waals surface area contributed by atoms with Gasteiger partial charge in [-0.25, -0.2) is 4.79 Å². The second kappa shape index (κ2) is 10.6. The van der Waals surface area contributed by atoms with Crippen LogP contribution in [0.3, 0.4) is 0 Å². The summed E-state index contributed by atoms with van der Waals surface area (Å²) in [5.74, 6) is 0.148. The molecule has 0 unspecified atom stereocenters. The van der Waals surface area contributed by atoms with E-state index in [9.17, 15) is 9.59 Å². The van der Waals surface area contributed by atoms with E-state index in [4.69, 9.17) is 4.74 Å². The van der Waals surface area contributed by atoms with E-state index >= 15 is 0 Å². The molecule has 1 fully saturated rings. The van der Waals surface area contributed by atoms with Crippen LogP contribution in [-0.4, -0.2) is 24.5 Å². The van der Waals surface area contributed by atoms with Gasteiger partial charge in [0.2, 0.25) is 5.91 Å². The van der Waals surface area contributed by atoms with Gasteiger partial charge in [-0.05, 0) is 56.1 Å². The standard InChI is InChI=1S/C26H34N2O3S/c1-3-31-26(30)22-20-15-14-17(2)16-21(20)32-25(22)28-24(29)23(18-10-6-4-7-11-18)27-19-12-8-5-9-13-19/h4,6-7,10-11,17,19,23,27H,3,5,8-9,12-16H2,1-2H3,(H,28,29)/t17-,23-/m1/s1. The minimum atomic E-state index is -0.451. The van der Waals surface area contributed by atoms with Gasteiger partial charge in [-0.3, -0.25) is 10.1 Å². The normalized spacial score (nSPS) is 19.8. The Kier molecular flexibility index (Phi) is 7.63. The second-order valence-electron chi connectivity index (χ2n) is 9.11. The van der Waals surface area contributed by atoms with Crippen molar-refractivity contribution in [1.29, 1.82) is 0 Å². The van der Waals surface area contributed by atoms with E-state index in [1.807, 2.05) is 37.3 Å². The molecule has 1 aromatic carbocycles. The van der Waals surface area contributed by atoms with Crippen LogP contribution >= 0.6 is 11.3 Å². The lowest BCUT2D eigenvalue weighted by atomic mass is 9.88. The maximum absolute atomic E-state index is 13.6. The van der Waals surface area contributed by atoms with Crippen molar-refractivity contribution in [2.45, 2.75) is 77.3 Å². The van der Waals surface area contributed by atoms with Crippen LogP contribution < -0.4 is 10.6 Å². The van der Waals surface area contributed by atoms with Crippen molar-refractivity contribution in [3.8, 4) is 0 Å². The first kappa shape index (κ1) is 23.0. The van der Waals surface area contributed by atoms with Gasteiger partial charge in [0.15, 0.2) is 0 Å². The number of carbonyl (C=O) groups excluding carboxylic acids is 2. The Morgan fingerprint density at radius 3 is 2.59 bits per heavy atom. The average molecular weight is 455 g/mol. The molecule has 1 aromatic heterocycles. The van der Waals surface area contributed by atoms with Crippen LogP contribution in [0.25, 0.3) is 0 Å². The molecule has 172 valence electrons. The summed E-state index contributed by atoms with van der Waals surface area (Å²) >= 11 is 1.55. The molecule has 2 aromatic rings. The average Bonchev–Trinajstić information content (AvgIpc) is 3.15. The van der Waals surface area contributed by atoms with Gasteiger partial charge in [0, 0.05) is 10.9 Å². The Labute approximate surface area is 194 Å². The van der Waals surface area contributed by atoms with Crippen molar-refractivity contribution in [2.24, 2.45) is 5.92 Å². The number of anilines is 1. The van der Waals surface area contributed by atoms with Crippen LogP contribution in [0.1, 0.15) is 84.8 Å². The summed E-state index contributed by atoms with van der Waals surface area (Å²) in [7, 11) is 0. The van der Waals surface area contributed by atoms with Gasteiger partial charge in [0.1, 0.15) is 11.0 Å². The van der Waals surface area contributed by atoms with Gasteiger partial charge in [0.25, 0.3) is 0 Å². The Hall–Kier alpha value is -2.18. The smallest absolute Gasteiger partial charge is 0.341 e. The van der Waals surface area contributed by atoms with Crippen molar-refractivity contribution < 1.29 is 14.3 Å². The Bertz CT molecular complexity index is 934. The molecule has 2 aliphatic carbocycles. The molecular weight excluding hydrogens is 420 g/mol. The van der Waals surface area contributed by atoms with Gasteiger partial charge in [0.05, 0.1) is 12.2 Å². The quantitative estimate of drug-likeness (QED) is 0.531. The topological polar surface area (TPSA) is 67.4 Å². The highest BCUT2D eigenvalue weighted by Crippen LogP contribution is 2.40. The summed E-state index contributed by atoms with van der Waals surface area (Å²) in [6, 6.07) is 9.77. The molecule has 0 aliphatic heterocycles. The second-order valence-corrected chi connectivity index (χ2v) is 10.2. The number of amides is 1. The summed E-state index contributed by atoms with van der Waals surface area (Å²) in [5, 5.41) is 7.38. The maximum atomic E-state index is 13.6. The molecule has 2 atom stereocenters. The summed E-state index contributed by atoms with van der Waals surface area (Å²) in [4.78, 5) is 27.6. The number of rotatable bonds is 7. The number of carbonyl (C=O) groups is 2. The summed E-state index contributed by atoms with van der Waals surface area (Å²) < 4.78 is 5.37. The summed E-state index contributed by atoms with van der Waals surface area (Å²) in [6.45, 7) is 4.38. The first-order chi connectivity index (χ1) is 15.6. The van der Waals surface area contributed by atoms with Gasteiger partial charge >= 0.3 is 5.97 Å². The van der Waals surface area contributed by atoms with Gasteiger partial charge in [-0.15, -0.1) is 11.3 Å². The zero-order chi connectivity index (χ0) is 22.5. The van der Waals surface area contributed by atoms with Gasteiger partial charge < -0.3 is 10.1 Å². The van der Waals surface area contributed by atoms with Crippen LogP contribution in [0, 0.1) is 5.92 Å². The van der Waals surface area contributed by atoms with Crippen LogP contribution in [0.5, 0.6) is 0 Å². The fraction of sp³-hybridized carbons (Fsp3) is 0.538. The highest BCUT2D eigenvalue weighted by atomic mass is 32.1. The third-order valence-corrected chi connectivity index (χ3v) is 7.80. The number of hydrogen-bond acceptors (Lipinski definition) is 5. The molecule has 2 N–H and O–H groups in total. The van der Waals surface area contributed by atoms with Crippen LogP contribution in [0.4, 0.5) is 5.00 Å². The number of benzene rings is 1. The molecule has 0 spiro atoms. The number of esters is 1. The molecule has 5 nitrogen and oxygen atoms in total. The fourth-order valence-electron chi connectivity index (χ4n) is 4.92. The highest BCUT2D eigenvalue weighted by Gasteiger charge is 2.31. The molecule has 4 rings (SSSR count). The van der Waals surface area contributed by atoms with Crippen molar-refractivity contribution in [1.82, 2.24) is 5.32 Å². The molecule has 2 aliphatic rings. The number of thiophene rings is 1. The molecule has 1 heterocycles. The monoisotopic (exact) mass is 454 g/mol. The van der Waals surface area contributed by atoms with E-state index < -0.39 is 6.04 Å². The molecule has 6 heteroatoms. The largest absolute Gasteiger partial charge is 0.462 e. The van der Waals surface area contributed by atoms with Crippen molar-refractivity contribution in [2.75, 3.05) is 11.9 Å². The van der Waals surface area contributed by atoms with Gasteiger partial charge in [-0.1, -0.05) is 56.5 Å². The van der Waals surface area contributed by atoms with E-state index in [2.05, 4.69) is 17.6 Å². The number of nitrogens with one attached hydrogen (secondary N) is 2. The van der Waals surface area contributed by atoms with E-state index in [1.54, 1.807) is 11.3 Å². The Morgan fingerprint density at radius 2 is 1.88 bits per heavy atom. The molecule has 1 amide bonds. The maximum Gasteiger partial charge on any atom is 0.341 e. The van der Waals surface area contributed by atoms with E-state index in [1.165, 1.54) is 24.1 Å². The Morgan fingerprint density at radius 1 is 1.12 bits per heavy atom. The van der Waals surface area contributed by atoms with E-state index in [0.29, 0.717) is 29.1 Å². The zero-order valence-corrected chi connectivity index (χ0v) is 19.9. The molecular formula is C26H34N2O3S. The third-order valence-electron chi connectivity index (χ3n) is 6.63. The van der Waals surface area contributed by atoms with Crippen LogP contribution in [0.15, 0.2) is 30.3 Å². The third kappa shape index (κ3) is 5.24. The van der Waals surface area contributed by atoms with E-state index in [-0.39, 0.29) is 11.9 Å². The van der Waals surface area contributed by atoms with Crippen molar-refractivity contribution in [3.63, 3.8) is 0 Å². The lowest BCUT2D eigenvalue weighted by Crippen LogP contribution is -2.40. The predicted octanol–water partition coefficient (Wildman–Crippen LogP) is 5.65. The number of fused-ring (bicyclic) bond motifs is 1. The van der Waals surface area contributed by atoms with Gasteiger partial charge in [-0.2, -0.15) is 0 Å². The molecule has 0 saturated heterocycles. The lowest BCUT2D eigenvalue weighted by Gasteiger charge is -2.28. The molecule has 0 radical (unpaired) electrons. The summed E-state index contributed by atoms with van der Waals surface area (Å²) in [6.07, 6.45) is 8.71. The van der Waals surface area contributed by atoms with E-state index in [0.717, 1.165) is 43.2 Å². The molecule has 0 bridgehead atoms. The minimum absolute atomic E-state index is 0.112. The Balaban J connectivity index is 1.61. The fourth-order valence-corrected chi connectivity index (χ4v) is 6.32. The van der Waals surface area contributed by atoms with Crippen LogP contribution in [-0.2, 0) is 22.4 Å². The zero-order valence-electron chi connectivity index (χ0n) is 19.1. The number of hydrogen-bond donors (Lipinski definition) is 2. The minimum Gasteiger partial charge on any atom is -0.462 e. The SMILES string of the molecule is CCOC(=O)c1c(NC(=O)[C@H](NC2CCCCC2)c2ccccc2)sc2c1CC[C@@H](C)C2. The lowest BCUT2D eigenvalue weighted by molar-refractivity contribution is -0.118. The van der Waals surface area contributed by atoms with Crippen molar-refractivity contribution >= 4 is 28.2 Å². The van der Waals surface area contributed by atoms with Crippen molar-refractivity contribution in [3.05, 3.63) is 51.9 Å². The molecule has 1 saturated carbocycles. The molecule has 32 heavy (non-hydrogen) atoms. The first-order valence-corrected chi connectivity index (χ1v) is 12.8. The number of ether oxygens (including phenoxy) is 1. The highest BCUT2D eigenvalue weighted by molar-refractivity contribution is 7.17. The summed E-state index contributed by atoms with van der Waals surface area (Å²) in [5.41, 5.74) is 2.58. The van der Waals surface area contributed by atoms with Crippen LogP contribution in [0.2, 0.25) is 0 Å². The first-order valence-electron chi connectivity index (χ1n) is 12.0. The predicted molar refractivity (Wildman–Crippen MR) is 129 cm³/mol.